The van der Waals surface area contributed by atoms with Crippen LogP contribution in [0.3, 0.4) is 0 Å². The maximum absolute atomic E-state index is 5.33. The molecular weight excluding hydrogens is 114 g/mol. The summed E-state index contributed by atoms with van der Waals surface area (Å²) in [5.41, 5.74) is 5.33. The Labute approximate surface area is 57.2 Å². The van der Waals surface area contributed by atoms with Crippen LogP contribution in [0.15, 0.2) is 0 Å². The molecule has 0 saturated carbocycles. The Morgan fingerprint density at radius 1 is 1.44 bits per heavy atom. The third kappa shape index (κ3) is 5.76. The van der Waals surface area contributed by atoms with Crippen molar-refractivity contribution in [3.63, 3.8) is 0 Å². The summed E-state index contributed by atoms with van der Waals surface area (Å²) in [7, 11) is 3.88. The van der Waals surface area contributed by atoms with Gasteiger partial charge < -0.3 is 16.0 Å². The largest absolute Gasteiger partial charge is 0.664 e. The van der Waals surface area contributed by atoms with E-state index in [1.54, 1.807) is 0 Å². The van der Waals surface area contributed by atoms with Crippen molar-refractivity contribution in [3.05, 3.63) is 5.32 Å². The van der Waals surface area contributed by atoms with E-state index in [0.29, 0.717) is 0 Å². The molecule has 0 aliphatic heterocycles. The van der Waals surface area contributed by atoms with Crippen LogP contribution in [0.25, 0.3) is 5.32 Å². The van der Waals surface area contributed by atoms with Crippen LogP contribution in [0.4, 0.5) is 0 Å². The van der Waals surface area contributed by atoms with E-state index >= 15 is 0 Å². The molecule has 0 fully saturated rings. The first kappa shape index (κ1) is 8.88. The van der Waals surface area contributed by atoms with Gasteiger partial charge in [0.05, 0.1) is 0 Å². The average molecular weight is 130 g/mol. The molecule has 3 nitrogen and oxygen atoms in total. The molecule has 0 saturated heterocycles. The van der Waals surface area contributed by atoms with Gasteiger partial charge in [-0.05, 0) is 13.6 Å². The third-order valence-corrected chi connectivity index (χ3v) is 1.22. The van der Waals surface area contributed by atoms with Gasteiger partial charge in [0.1, 0.15) is 0 Å². The third-order valence-electron chi connectivity index (χ3n) is 1.22. The molecule has 0 aliphatic rings. The van der Waals surface area contributed by atoms with Crippen LogP contribution >= 0.6 is 0 Å². The topological polar surface area (TPSA) is 43.4 Å². The normalized spacial score (nSPS) is 10.7. The Hall–Kier alpha value is -0.120. The number of nitrogens with zero attached hydrogens (tertiary/aromatic N) is 2. The molecule has 0 radical (unpaired) electrons. The zero-order valence-corrected chi connectivity index (χ0v) is 6.30. The van der Waals surface area contributed by atoms with Crippen LogP contribution in [-0.2, 0) is 0 Å². The molecule has 0 aromatic rings. The maximum atomic E-state index is 5.33. The van der Waals surface area contributed by atoms with Gasteiger partial charge in [-0.25, -0.2) is 0 Å². The zero-order valence-electron chi connectivity index (χ0n) is 6.30. The van der Waals surface area contributed by atoms with E-state index < -0.39 is 0 Å². The summed E-state index contributed by atoms with van der Waals surface area (Å²) in [6.45, 7) is 3.64. The summed E-state index contributed by atoms with van der Waals surface area (Å²) in [5, 5.41) is 3.98. The quantitative estimate of drug-likeness (QED) is 0.564. The molecule has 0 spiro atoms. The lowest BCUT2D eigenvalue weighted by Crippen LogP contribution is -2.27. The van der Waals surface area contributed by atoms with E-state index in [9.17, 15) is 0 Å². The monoisotopic (exact) mass is 130 g/mol. The fourth-order valence-corrected chi connectivity index (χ4v) is 0.603. The molecule has 0 atom stereocenters. The first-order chi connectivity index (χ1) is 4.31. The van der Waals surface area contributed by atoms with Crippen LogP contribution in [0.2, 0.25) is 0 Å². The number of hydrogen-bond donors (Lipinski definition) is 1. The van der Waals surface area contributed by atoms with Crippen LogP contribution in [0, 0.1) is 0 Å². The second-order valence-electron chi connectivity index (χ2n) is 2.13. The van der Waals surface area contributed by atoms with Crippen molar-refractivity contribution < 1.29 is 0 Å². The fraction of sp³-hybridized carbons (Fsp3) is 1.00. The van der Waals surface area contributed by atoms with Crippen LogP contribution in [0.1, 0.15) is 0 Å². The highest BCUT2D eigenvalue weighted by Gasteiger charge is 1.88. The van der Waals surface area contributed by atoms with Gasteiger partial charge in [-0.15, -0.1) is 6.54 Å². The van der Waals surface area contributed by atoms with Gasteiger partial charge in [0.25, 0.3) is 0 Å². The van der Waals surface area contributed by atoms with Crippen molar-refractivity contribution >= 4 is 0 Å². The second kappa shape index (κ2) is 6.01. The molecule has 0 aromatic carbocycles. The highest BCUT2D eigenvalue weighted by atomic mass is 15.1. The number of nitrogens with two attached hydrogens (primary N) is 1. The van der Waals surface area contributed by atoms with Gasteiger partial charge in [0, 0.05) is 13.1 Å². The van der Waals surface area contributed by atoms with Crippen molar-refractivity contribution in [2.24, 2.45) is 5.73 Å². The van der Waals surface area contributed by atoms with Crippen LogP contribution < -0.4 is 5.73 Å². The molecule has 0 bridgehead atoms. The molecule has 0 rings (SSSR count). The van der Waals surface area contributed by atoms with Crippen molar-refractivity contribution in [1.29, 1.82) is 0 Å². The van der Waals surface area contributed by atoms with Gasteiger partial charge in [0.15, 0.2) is 0 Å². The number of likely N-dealkylation sites (N-methyl/N-ethyl adjacent to an activating group) is 2. The summed E-state index contributed by atoms with van der Waals surface area (Å²) in [5.74, 6) is 0. The highest BCUT2D eigenvalue weighted by Crippen LogP contribution is 1.82. The standard InChI is InChI=1S/C6H16N3/c1-8-4-6-9(2)5-3-7/h3-7H2,1-2H3/q-1. The zero-order chi connectivity index (χ0) is 7.11. The van der Waals surface area contributed by atoms with E-state index in [1.165, 1.54) is 0 Å². The molecular formula is C6H16N3-. The van der Waals surface area contributed by atoms with E-state index in [0.717, 1.165) is 26.2 Å². The predicted octanol–water partition coefficient (Wildman–Crippen LogP) is -0.120. The van der Waals surface area contributed by atoms with Gasteiger partial charge >= 0.3 is 0 Å². The highest BCUT2D eigenvalue weighted by molar-refractivity contribution is 4.71. The minimum Gasteiger partial charge on any atom is -0.664 e. The number of hydrogen-bond acceptors (Lipinski definition) is 2. The van der Waals surface area contributed by atoms with Crippen LogP contribution in [0.5, 0.6) is 0 Å². The summed E-state index contributed by atoms with van der Waals surface area (Å²) >= 11 is 0. The smallest absolute Gasteiger partial charge is 0.0101 e. The van der Waals surface area contributed by atoms with Crippen LogP contribution in [-0.4, -0.2) is 45.2 Å². The molecule has 0 heterocycles. The molecule has 0 aliphatic carbocycles. The first-order valence-electron chi connectivity index (χ1n) is 3.25. The Bertz CT molecular complexity index is 56.3. The molecule has 0 unspecified atom stereocenters. The average Bonchev–Trinajstić information content (AvgIpc) is 1.85. The van der Waals surface area contributed by atoms with Crippen molar-refractivity contribution in [2.45, 2.75) is 0 Å². The lowest BCUT2D eigenvalue weighted by Gasteiger charge is -2.19. The van der Waals surface area contributed by atoms with Crippen molar-refractivity contribution in [1.82, 2.24) is 4.90 Å². The van der Waals surface area contributed by atoms with E-state index in [1.807, 2.05) is 7.05 Å². The lowest BCUT2D eigenvalue weighted by molar-refractivity contribution is 0.358. The molecule has 0 aromatic heterocycles. The fourth-order valence-electron chi connectivity index (χ4n) is 0.603. The SMILES string of the molecule is C[N-]CCN(C)CCN. The molecule has 2 N–H and O–H groups in total. The minimum atomic E-state index is 0.736. The number of rotatable bonds is 5. The van der Waals surface area contributed by atoms with Crippen molar-refractivity contribution in [2.75, 3.05) is 40.3 Å². The van der Waals surface area contributed by atoms with E-state index in [4.69, 9.17) is 5.73 Å². The Morgan fingerprint density at radius 2 is 2.11 bits per heavy atom. The summed E-state index contributed by atoms with van der Waals surface area (Å²) in [4.78, 5) is 2.17. The van der Waals surface area contributed by atoms with Gasteiger partial charge in [0.2, 0.25) is 0 Å². The predicted molar refractivity (Wildman–Crippen MR) is 40.7 cm³/mol. The maximum Gasteiger partial charge on any atom is 0.0101 e. The summed E-state index contributed by atoms with van der Waals surface area (Å²) in [6.07, 6.45) is 0. The van der Waals surface area contributed by atoms with E-state index in [-0.39, 0.29) is 0 Å². The lowest BCUT2D eigenvalue weighted by atomic mass is 10.5. The minimum absolute atomic E-state index is 0.736. The molecule has 56 valence electrons. The Balaban J connectivity index is 2.95. The molecule has 9 heavy (non-hydrogen) atoms. The second-order valence-corrected chi connectivity index (χ2v) is 2.13. The van der Waals surface area contributed by atoms with Crippen molar-refractivity contribution in [3.8, 4) is 0 Å². The molecule has 0 amide bonds. The summed E-state index contributed by atoms with van der Waals surface area (Å²) in [6, 6.07) is 0. The first-order valence-corrected chi connectivity index (χ1v) is 3.25. The summed E-state index contributed by atoms with van der Waals surface area (Å²) < 4.78 is 0. The van der Waals surface area contributed by atoms with Gasteiger partial charge in [-0.1, -0.05) is 0 Å². The van der Waals surface area contributed by atoms with E-state index in [2.05, 4.69) is 17.3 Å². The van der Waals surface area contributed by atoms with Gasteiger partial charge in [-0.2, -0.15) is 7.05 Å². The Kier molecular flexibility index (Phi) is 5.93. The van der Waals surface area contributed by atoms with Gasteiger partial charge in [-0.3, -0.25) is 0 Å². The molecule has 3 heteroatoms. The Morgan fingerprint density at radius 3 is 2.56 bits per heavy atom.